The summed E-state index contributed by atoms with van der Waals surface area (Å²) in [5.41, 5.74) is 0.401. The van der Waals surface area contributed by atoms with Gasteiger partial charge in [0.2, 0.25) is 0 Å². The van der Waals surface area contributed by atoms with Gasteiger partial charge < -0.3 is 9.84 Å². The van der Waals surface area contributed by atoms with Crippen molar-refractivity contribution in [2.45, 2.75) is 58.2 Å². The zero-order chi connectivity index (χ0) is 24.6. The number of nitrogens with zero attached hydrogens (tertiary/aromatic N) is 2. The number of carbonyl (C=O) groups excluding carboxylic acids is 2. The molecule has 1 saturated carbocycles. The molecule has 7 heteroatoms. The predicted octanol–water partition coefficient (Wildman–Crippen LogP) is 4.32. The maximum atomic E-state index is 12.9. The van der Waals surface area contributed by atoms with E-state index in [2.05, 4.69) is 34.3 Å². The number of ether oxygens (including phenoxy) is 1. The van der Waals surface area contributed by atoms with Crippen molar-refractivity contribution in [3.8, 4) is 0 Å². The van der Waals surface area contributed by atoms with Gasteiger partial charge in [-0.2, -0.15) is 0 Å². The zero-order valence-electron chi connectivity index (χ0n) is 20.5. The van der Waals surface area contributed by atoms with E-state index in [-0.39, 0.29) is 11.2 Å². The summed E-state index contributed by atoms with van der Waals surface area (Å²) in [6.07, 6.45) is 3.09. The van der Waals surface area contributed by atoms with Gasteiger partial charge in [0.05, 0.1) is 12.1 Å². The first kappa shape index (κ1) is 24.4. The average Bonchev–Trinajstić information content (AvgIpc) is 3.13. The molecule has 0 unspecified atom stereocenters. The Labute approximate surface area is 201 Å². The van der Waals surface area contributed by atoms with Crippen molar-refractivity contribution in [3.05, 3.63) is 59.8 Å². The fourth-order valence-corrected chi connectivity index (χ4v) is 5.60. The minimum atomic E-state index is -0.683. The van der Waals surface area contributed by atoms with Crippen molar-refractivity contribution in [2.24, 2.45) is 11.3 Å². The van der Waals surface area contributed by atoms with Gasteiger partial charge in [0.15, 0.2) is 5.78 Å². The minimum Gasteiger partial charge on any atom is -0.444 e. The van der Waals surface area contributed by atoms with Crippen LogP contribution in [0.3, 0.4) is 0 Å². The number of amides is 1. The number of ketones is 1. The topological polar surface area (TPSA) is 91.8 Å². The van der Waals surface area contributed by atoms with E-state index in [1.54, 1.807) is 32.9 Å². The summed E-state index contributed by atoms with van der Waals surface area (Å²) in [5.74, 6) is 0.707. The van der Waals surface area contributed by atoms with Crippen LogP contribution in [-0.4, -0.2) is 57.7 Å². The molecule has 1 aliphatic carbocycles. The quantitative estimate of drug-likeness (QED) is 0.618. The molecule has 0 radical (unpaired) electrons. The highest BCUT2D eigenvalue weighted by atomic mass is 16.6. The summed E-state index contributed by atoms with van der Waals surface area (Å²) in [5, 5.41) is 13.9. The number of rotatable bonds is 6. The highest BCUT2D eigenvalue weighted by Crippen LogP contribution is 2.53. The van der Waals surface area contributed by atoms with Crippen molar-refractivity contribution in [1.29, 1.82) is 0 Å². The lowest BCUT2D eigenvalue weighted by atomic mass is 9.82. The Morgan fingerprint density at radius 1 is 1.21 bits per heavy atom. The van der Waals surface area contributed by atoms with E-state index < -0.39 is 17.3 Å². The van der Waals surface area contributed by atoms with Gasteiger partial charge in [-0.15, -0.1) is 0 Å². The summed E-state index contributed by atoms with van der Waals surface area (Å²) in [4.78, 5) is 31.1. The first-order valence-electron chi connectivity index (χ1n) is 11.9. The molecule has 3 atom stereocenters. The minimum absolute atomic E-state index is 0.000520. The van der Waals surface area contributed by atoms with Crippen molar-refractivity contribution in [1.82, 2.24) is 9.88 Å². The molecular formula is C27H35N3O4. The van der Waals surface area contributed by atoms with Crippen LogP contribution in [0, 0.1) is 11.3 Å². The lowest BCUT2D eigenvalue weighted by Gasteiger charge is -2.28. The second kappa shape index (κ2) is 9.12. The Morgan fingerprint density at radius 3 is 2.56 bits per heavy atom. The largest absolute Gasteiger partial charge is 0.444 e. The normalized spacial score (nSPS) is 26.8. The number of benzene rings is 1. The molecule has 0 spiro atoms. The van der Waals surface area contributed by atoms with Gasteiger partial charge in [0.1, 0.15) is 11.4 Å². The van der Waals surface area contributed by atoms with Crippen LogP contribution in [-0.2, 0) is 11.2 Å². The first-order chi connectivity index (χ1) is 15.9. The maximum absolute atomic E-state index is 12.9. The Kier molecular flexibility index (Phi) is 6.53. The number of nitrogens with one attached hydrogen (secondary N) is 1. The second-order valence-electron chi connectivity index (χ2n) is 11.3. The van der Waals surface area contributed by atoms with Crippen LogP contribution in [0.2, 0.25) is 0 Å². The lowest BCUT2D eigenvalue weighted by molar-refractivity contribution is 0.0291. The van der Waals surface area contributed by atoms with Crippen molar-refractivity contribution in [2.75, 3.05) is 25.0 Å². The van der Waals surface area contributed by atoms with E-state index in [9.17, 15) is 14.7 Å². The fraction of sp³-hybridized carbons (Fsp3) is 0.519. The summed E-state index contributed by atoms with van der Waals surface area (Å²) in [6, 6.07) is 13.5. The Hall–Kier alpha value is -2.77. The summed E-state index contributed by atoms with van der Waals surface area (Å²) in [6.45, 7) is 9.54. The van der Waals surface area contributed by atoms with Crippen LogP contribution < -0.4 is 5.32 Å². The van der Waals surface area contributed by atoms with E-state index in [0.29, 0.717) is 30.3 Å². The highest BCUT2D eigenvalue weighted by Gasteiger charge is 2.55. The number of fused-ring (bicyclic) bond motifs is 1. The van der Waals surface area contributed by atoms with Gasteiger partial charge in [-0.25, -0.2) is 9.78 Å². The Balaban J connectivity index is 1.30. The van der Waals surface area contributed by atoms with Crippen molar-refractivity contribution >= 4 is 17.7 Å². The molecule has 1 amide bonds. The third kappa shape index (κ3) is 5.83. The molecule has 2 heterocycles. The van der Waals surface area contributed by atoms with Crippen molar-refractivity contribution in [3.63, 3.8) is 0 Å². The molecule has 1 aliphatic heterocycles. The number of carbonyl (C=O) groups is 2. The summed E-state index contributed by atoms with van der Waals surface area (Å²) in [7, 11) is 0. The molecule has 1 aromatic carbocycles. The zero-order valence-corrected chi connectivity index (χ0v) is 20.5. The van der Waals surface area contributed by atoms with Gasteiger partial charge in [0, 0.05) is 31.3 Å². The van der Waals surface area contributed by atoms with Gasteiger partial charge >= 0.3 is 6.09 Å². The number of aromatic nitrogens is 1. The van der Waals surface area contributed by atoms with Gasteiger partial charge in [-0.1, -0.05) is 37.3 Å². The molecule has 4 rings (SSSR count). The van der Waals surface area contributed by atoms with E-state index in [0.717, 1.165) is 31.5 Å². The number of hydrogen-bond donors (Lipinski definition) is 2. The van der Waals surface area contributed by atoms with E-state index in [1.807, 2.05) is 18.2 Å². The van der Waals surface area contributed by atoms with E-state index in [1.165, 1.54) is 6.20 Å². The summed E-state index contributed by atoms with van der Waals surface area (Å²) < 4.78 is 5.22. The van der Waals surface area contributed by atoms with E-state index >= 15 is 0 Å². The van der Waals surface area contributed by atoms with Crippen LogP contribution in [0.25, 0.3) is 0 Å². The highest BCUT2D eigenvalue weighted by molar-refractivity contribution is 5.97. The van der Waals surface area contributed by atoms with Crippen LogP contribution >= 0.6 is 0 Å². The molecule has 2 aliphatic rings. The Morgan fingerprint density at radius 2 is 1.94 bits per heavy atom. The second-order valence-corrected chi connectivity index (χ2v) is 11.3. The number of pyridine rings is 1. The van der Waals surface area contributed by atoms with E-state index in [4.69, 9.17) is 4.74 Å². The molecule has 1 aromatic heterocycles. The third-order valence-electron chi connectivity index (χ3n) is 6.87. The number of likely N-dealkylation sites (tertiary alicyclic amines) is 1. The number of hydrogen-bond acceptors (Lipinski definition) is 6. The van der Waals surface area contributed by atoms with Crippen LogP contribution in [0.15, 0.2) is 48.7 Å². The van der Waals surface area contributed by atoms with Gasteiger partial charge in [-0.05, 0) is 62.6 Å². The third-order valence-corrected chi connectivity index (χ3v) is 6.87. The summed E-state index contributed by atoms with van der Waals surface area (Å²) >= 11 is 0. The molecule has 2 N–H and O–H groups in total. The van der Waals surface area contributed by atoms with Crippen LogP contribution in [0.5, 0.6) is 0 Å². The number of Topliss-reactive ketones (excluding diaryl/α,β-unsaturated/α-hetero) is 1. The number of aliphatic hydroxyl groups is 1. The molecule has 7 nitrogen and oxygen atoms in total. The molecule has 1 saturated heterocycles. The average molecular weight is 466 g/mol. The monoisotopic (exact) mass is 465 g/mol. The Bertz CT molecular complexity index is 1030. The van der Waals surface area contributed by atoms with Crippen molar-refractivity contribution < 1.29 is 19.4 Å². The molecule has 2 aromatic rings. The smallest absolute Gasteiger partial charge is 0.413 e. The molecule has 0 bridgehead atoms. The van der Waals surface area contributed by atoms with Gasteiger partial charge in [-0.3, -0.25) is 15.0 Å². The first-order valence-corrected chi connectivity index (χ1v) is 11.9. The van der Waals surface area contributed by atoms with Crippen LogP contribution in [0.4, 0.5) is 10.6 Å². The maximum Gasteiger partial charge on any atom is 0.413 e. The number of anilines is 1. The van der Waals surface area contributed by atoms with Crippen LogP contribution in [0.1, 0.15) is 56.5 Å². The molecule has 34 heavy (non-hydrogen) atoms. The molecule has 2 fully saturated rings. The molecule has 182 valence electrons. The predicted molar refractivity (Wildman–Crippen MR) is 131 cm³/mol. The fourth-order valence-electron chi connectivity index (χ4n) is 5.60. The van der Waals surface area contributed by atoms with Gasteiger partial charge in [0.25, 0.3) is 0 Å². The molecular weight excluding hydrogens is 430 g/mol. The SMILES string of the molecule is CC(C)(C)OC(=O)Nc1ccc(C(=O)CN2C[C@@H]3C[C@@](O)(Cc4ccccc4)C[C@]3(C)C2)cn1. The standard InChI is InChI=1S/C27H35N3O4/c1-25(2,3)34-24(32)29-23-11-10-20(14-28-23)22(31)16-30-15-21-13-27(33,17-26(21,4)18-30)12-19-8-6-5-7-9-19/h5-11,14,21,33H,12-13,15-18H2,1-4H3,(H,28,29,32)/t21-,26+,27-/m0/s1. The lowest BCUT2D eigenvalue weighted by Crippen LogP contribution is -2.35.